The molecule has 0 saturated carbocycles. The average Bonchev–Trinajstić information content (AvgIpc) is 2.75. The molecule has 0 spiro atoms. The van der Waals surface area contributed by atoms with Crippen molar-refractivity contribution < 1.29 is 14.6 Å². The highest BCUT2D eigenvalue weighted by Gasteiger charge is 2.25. The van der Waals surface area contributed by atoms with E-state index in [9.17, 15) is 25.0 Å². The lowest BCUT2D eigenvalue weighted by atomic mass is 10.0. The number of nitro groups is 2. The molecule has 9 heteroatoms. The van der Waals surface area contributed by atoms with Crippen molar-refractivity contribution in [3.05, 3.63) is 38.4 Å². The molecule has 0 fully saturated rings. The normalized spacial score (nSPS) is 10.8. The third kappa shape index (κ3) is 10.3. The third-order valence-corrected chi connectivity index (χ3v) is 5.39. The number of hydrogen-bond donors (Lipinski definition) is 1. The Labute approximate surface area is 184 Å². The van der Waals surface area contributed by atoms with Crippen molar-refractivity contribution in [2.24, 2.45) is 5.84 Å². The molecule has 0 heterocycles. The number of benzene rings is 1. The second-order valence-corrected chi connectivity index (χ2v) is 7.94. The van der Waals surface area contributed by atoms with Gasteiger partial charge in [0.15, 0.2) is 0 Å². The maximum absolute atomic E-state index is 12.3. The van der Waals surface area contributed by atoms with Gasteiger partial charge in [0, 0.05) is 12.5 Å². The van der Waals surface area contributed by atoms with E-state index in [0.717, 1.165) is 42.5 Å². The van der Waals surface area contributed by atoms with Crippen molar-refractivity contribution in [2.45, 2.75) is 96.8 Å². The van der Waals surface area contributed by atoms with Gasteiger partial charge in [0.1, 0.15) is 5.69 Å². The predicted molar refractivity (Wildman–Crippen MR) is 122 cm³/mol. The third-order valence-electron chi connectivity index (χ3n) is 5.39. The Balaban J connectivity index is 2.24. The molecule has 1 aromatic carbocycles. The van der Waals surface area contributed by atoms with E-state index in [1.807, 2.05) is 0 Å². The number of amides is 1. The van der Waals surface area contributed by atoms with Crippen molar-refractivity contribution >= 4 is 23.0 Å². The van der Waals surface area contributed by atoms with Gasteiger partial charge in [0.05, 0.1) is 15.9 Å². The van der Waals surface area contributed by atoms with Crippen LogP contribution in [0.3, 0.4) is 0 Å². The van der Waals surface area contributed by atoms with Crippen molar-refractivity contribution in [2.75, 3.05) is 5.01 Å². The van der Waals surface area contributed by atoms with Crippen LogP contribution in [0.1, 0.15) is 96.8 Å². The van der Waals surface area contributed by atoms with Crippen LogP contribution in [-0.4, -0.2) is 15.8 Å². The Bertz CT molecular complexity index is 711. The number of rotatable bonds is 17. The van der Waals surface area contributed by atoms with Gasteiger partial charge in [0.25, 0.3) is 5.69 Å². The Kier molecular flexibility index (Phi) is 13.1. The fourth-order valence-electron chi connectivity index (χ4n) is 3.52. The van der Waals surface area contributed by atoms with Crippen LogP contribution in [0, 0.1) is 20.2 Å². The molecule has 0 aliphatic heterocycles. The molecule has 0 radical (unpaired) electrons. The number of non-ortho nitro benzene ring substituents is 1. The number of hydrazine groups is 1. The zero-order valence-electron chi connectivity index (χ0n) is 18.6. The number of nitrogens with two attached hydrogens (primary N) is 1. The summed E-state index contributed by atoms with van der Waals surface area (Å²) in [5.41, 5.74) is -1.13. The van der Waals surface area contributed by atoms with Gasteiger partial charge in [-0.25, -0.2) is 10.9 Å². The first-order chi connectivity index (χ1) is 14.9. The second kappa shape index (κ2) is 15.3. The van der Waals surface area contributed by atoms with E-state index < -0.39 is 27.1 Å². The number of nitro benzene ring substituents is 2. The summed E-state index contributed by atoms with van der Waals surface area (Å²) < 4.78 is 0. The summed E-state index contributed by atoms with van der Waals surface area (Å²) >= 11 is 0. The number of anilines is 1. The molecule has 174 valence electrons. The molecule has 0 aliphatic carbocycles. The maximum atomic E-state index is 12.3. The van der Waals surface area contributed by atoms with E-state index in [2.05, 4.69) is 6.92 Å². The van der Waals surface area contributed by atoms with Crippen LogP contribution in [0.25, 0.3) is 0 Å². The first-order valence-electron chi connectivity index (χ1n) is 11.4. The highest BCUT2D eigenvalue weighted by molar-refractivity contribution is 5.94. The molecule has 0 atom stereocenters. The molecular formula is C22H36N4O5. The molecule has 1 rings (SSSR count). The van der Waals surface area contributed by atoms with Crippen LogP contribution in [0.4, 0.5) is 17.1 Å². The van der Waals surface area contributed by atoms with Gasteiger partial charge in [-0.1, -0.05) is 84.0 Å². The highest BCUT2D eigenvalue weighted by Crippen LogP contribution is 2.31. The zero-order valence-corrected chi connectivity index (χ0v) is 18.6. The minimum atomic E-state index is -0.777. The first-order valence-corrected chi connectivity index (χ1v) is 11.4. The largest absolute Gasteiger partial charge is 0.301 e. The molecular weight excluding hydrogens is 400 g/mol. The Hall–Kier alpha value is -2.55. The summed E-state index contributed by atoms with van der Waals surface area (Å²) in [5.74, 6) is 5.32. The molecule has 0 bridgehead atoms. The van der Waals surface area contributed by atoms with Gasteiger partial charge < -0.3 is 0 Å². The van der Waals surface area contributed by atoms with Gasteiger partial charge in [-0.3, -0.25) is 25.0 Å². The van der Waals surface area contributed by atoms with E-state index >= 15 is 0 Å². The lowest BCUT2D eigenvalue weighted by Gasteiger charge is -2.16. The minimum absolute atomic E-state index is 0.143. The SMILES string of the molecule is CCCCCCCCCCCCCCCC(=O)N(N)c1ccc([N+](=O)[O-])cc1[N+](=O)[O-]. The summed E-state index contributed by atoms with van der Waals surface area (Å²) in [7, 11) is 0. The summed E-state index contributed by atoms with van der Waals surface area (Å²) in [5, 5.41) is 22.7. The maximum Gasteiger partial charge on any atom is 0.301 e. The van der Waals surface area contributed by atoms with Crippen LogP contribution in [-0.2, 0) is 4.79 Å². The summed E-state index contributed by atoms with van der Waals surface area (Å²) in [4.78, 5) is 32.8. The number of carbonyl (C=O) groups excluding carboxylic acids is 1. The lowest BCUT2D eigenvalue weighted by molar-refractivity contribution is -0.393. The average molecular weight is 437 g/mol. The Morgan fingerprint density at radius 1 is 0.839 bits per heavy atom. The van der Waals surface area contributed by atoms with E-state index in [1.165, 1.54) is 57.8 Å². The fourth-order valence-corrected chi connectivity index (χ4v) is 3.52. The molecule has 1 amide bonds. The minimum Gasteiger partial charge on any atom is -0.273 e. The molecule has 0 saturated heterocycles. The molecule has 0 unspecified atom stereocenters. The molecule has 0 aromatic heterocycles. The van der Waals surface area contributed by atoms with E-state index in [1.54, 1.807) is 0 Å². The molecule has 31 heavy (non-hydrogen) atoms. The van der Waals surface area contributed by atoms with Crippen molar-refractivity contribution in [3.8, 4) is 0 Å². The topological polar surface area (TPSA) is 133 Å². The van der Waals surface area contributed by atoms with Gasteiger partial charge >= 0.3 is 5.69 Å². The summed E-state index contributed by atoms with van der Waals surface area (Å²) in [6, 6.07) is 3.05. The van der Waals surface area contributed by atoms with Gasteiger partial charge in [-0.15, -0.1) is 0 Å². The number of carbonyl (C=O) groups is 1. The zero-order chi connectivity index (χ0) is 23.1. The number of nitrogens with zero attached hydrogens (tertiary/aromatic N) is 3. The smallest absolute Gasteiger partial charge is 0.273 e. The van der Waals surface area contributed by atoms with Crippen LogP contribution in [0.15, 0.2) is 18.2 Å². The van der Waals surface area contributed by atoms with Crippen LogP contribution in [0.5, 0.6) is 0 Å². The molecule has 0 aliphatic rings. The molecule has 9 nitrogen and oxygen atoms in total. The van der Waals surface area contributed by atoms with Gasteiger partial charge in [-0.2, -0.15) is 0 Å². The second-order valence-electron chi connectivity index (χ2n) is 7.94. The first kappa shape index (κ1) is 26.5. The van der Waals surface area contributed by atoms with Crippen molar-refractivity contribution in [3.63, 3.8) is 0 Å². The van der Waals surface area contributed by atoms with Crippen LogP contribution >= 0.6 is 0 Å². The highest BCUT2D eigenvalue weighted by atomic mass is 16.6. The summed E-state index contributed by atoms with van der Waals surface area (Å²) in [6.45, 7) is 2.23. The van der Waals surface area contributed by atoms with Crippen molar-refractivity contribution in [1.82, 2.24) is 0 Å². The van der Waals surface area contributed by atoms with Crippen LogP contribution in [0.2, 0.25) is 0 Å². The molecule has 2 N–H and O–H groups in total. The molecule has 1 aromatic rings. The number of unbranched alkanes of at least 4 members (excludes halogenated alkanes) is 12. The van der Waals surface area contributed by atoms with Gasteiger partial charge in [-0.05, 0) is 12.5 Å². The van der Waals surface area contributed by atoms with E-state index in [4.69, 9.17) is 5.84 Å². The van der Waals surface area contributed by atoms with E-state index in [0.29, 0.717) is 6.42 Å². The number of hydrogen-bond acceptors (Lipinski definition) is 6. The predicted octanol–water partition coefficient (Wildman–Crippen LogP) is 6.19. The summed E-state index contributed by atoms with van der Waals surface area (Å²) in [6.07, 6.45) is 15.7. The van der Waals surface area contributed by atoms with Gasteiger partial charge in [0.2, 0.25) is 5.91 Å². The fraction of sp³-hybridized carbons (Fsp3) is 0.682. The Morgan fingerprint density at radius 2 is 1.32 bits per heavy atom. The monoisotopic (exact) mass is 436 g/mol. The quantitative estimate of drug-likeness (QED) is 0.102. The Morgan fingerprint density at radius 3 is 1.77 bits per heavy atom. The van der Waals surface area contributed by atoms with Crippen molar-refractivity contribution in [1.29, 1.82) is 0 Å². The van der Waals surface area contributed by atoms with Crippen LogP contribution < -0.4 is 10.9 Å². The lowest BCUT2D eigenvalue weighted by Crippen LogP contribution is -2.37. The standard InChI is InChI=1S/C22H36N4O5/c1-2-3-4-5-6-7-8-9-10-11-12-13-14-15-22(27)24(23)20-17-16-19(25(28)29)18-21(20)26(30)31/h16-18H,2-15,23H2,1H3. The van der Waals surface area contributed by atoms with E-state index in [-0.39, 0.29) is 12.1 Å².